The van der Waals surface area contributed by atoms with E-state index in [4.69, 9.17) is 0 Å². The molecule has 0 fully saturated rings. The molecule has 136 valence electrons. The lowest BCUT2D eigenvalue weighted by Crippen LogP contribution is -2.30. The quantitative estimate of drug-likeness (QED) is 0.698. The molecule has 1 aromatic heterocycles. The first-order chi connectivity index (χ1) is 13.3. The summed E-state index contributed by atoms with van der Waals surface area (Å²) in [5.41, 5.74) is 3.78. The highest BCUT2D eigenvalue weighted by Crippen LogP contribution is 2.28. The van der Waals surface area contributed by atoms with Gasteiger partial charge in [0.25, 0.3) is 5.91 Å². The molecule has 27 heavy (non-hydrogen) atoms. The second kappa shape index (κ2) is 7.58. The molecule has 0 atom stereocenters. The number of para-hydroxylation sites is 1. The Labute approximate surface area is 159 Å². The van der Waals surface area contributed by atoms with E-state index in [1.807, 2.05) is 36.4 Å². The maximum atomic E-state index is 12.9. The van der Waals surface area contributed by atoms with E-state index in [0.717, 1.165) is 31.0 Å². The van der Waals surface area contributed by atoms with E-state index in [1.165, 1.54) is 11.1 Å². The average Bonchev–Trinajstić information content (AvgIpc) is 3.16. The van der Waals surface area contributed by atoms with Gasteiger partial charge in [0.1, 0.15) is 11.5 Å². The number of rotatable bonds is 5. The summed E-state index contributed by atoms with van der Waals surface area (Å²) in [6.07, 6.45) is 4.17. The van der Waals surface area contributed by atoms with Crippen molar-refractivity contribution >= 4 is 17.4 Å². The van der Waals surface area contributed by atoms with Gasteiger partial charge in [-0.2, -0.15) is 0 Å². The largest absolute Gasteiger partial charge is 0.351 e. The molecule has 2 aromatic carbocycles. The van der Waals surface area contributed by atoms with Gasteiger partial charge in [0.2, 0.25) is 0 Å². The van der Waals surface area contributed by atoms with Gasteiger partial charge < -0.3 is 9.80 Å². The van der Waals surface area contributed by atoms with Crippen molar-refractivity contribution in [2.45, 2.75) is 19.9 Å². The molecule has 5 heteroatoms. The zero-order valence-corrected chi connectivity index (χ0v) is 15.4. The Balaban J connectivity index is 1.51. The van der Waals surface area contributed by atoms with Gasteiger partial charge in [-0.3, -0.25) is 4.79 Å². The number of benzene rings is 2. The van der Waals surface area contributed by atoms with E-state index < -0.39 is 0 Å². The molecule has 0 N–H and O–H groups in total. The molecule has 1 aliphatic rings. The van der Waals surface area contributed by atoms with Crippen molar-refractivity contribution < 1.29 is 4.79 Å². The van der Waals surface area contributed by atoms with Crippen LogP contribution in [-0.2, 0) is 13.0 Å². The number of hydrogen-bond donors (Lipinski definition) is 0. The molecule has 0 aliphatic carbocycles. The van der Waals surface area contributed by atoms with Crippen molar-refractivity contribution in [2.75, 3.05) is 22.9 Å². The molecule has 1 aliphatic heterocycles. The molecule has 3 aromatic rings. The molecular formula is C22H22N4O. The van der Waals surface area contributed by atoms with Crippen molar-refractivity contribution in [3.63, 3.8) is 0 Å². The van der Waals surface area contributed by atoms with Crippen molar-refractivity contribution in [3.05, 3.63) is 83.8 Å². The smallest absolute Gasteiger partial charge is 0.278 e. The normalized spacial score (nSPS) is 12.7. The number of fused-ring (bicyclic) bond motifs is 1. The summed E-state index contributed by atoms with van der Waals surface area (Å²) < 4.78 is 0. The summed E-state index contributed by atoms with van der Waals surface area (Å²) in [6, 6.07) is 18.3. The van der Waals surface area contributed by atoms with E-state index in [0.29, 0.717) is 12.2 Å². The molecule has 0 unspecified atom stereocenters. The van der Waals surface area contributed by atoms with Gasteiger partial charge >= 0.3 is 0 Å². The molecule has 0 spiro atoms. The van der Waals surface area contributed by atoms with Gasteiger partial charge in [0, 0.05) is 25.3 Å². The minimum Gasteiger partial charge on any atom is -0.351 e. The third-order valence-electron chi connectivity index (χ3n) is 4.91. The Morgan fingerprint density at radius 2 is 1.81 bits per heavy atom. The Bertz CT molecular complexity index is 925. The second-order valence-electron chi connectivity index (χ2n) is 6.60. The number of carbonyl (C=O) groups is 1. The fourth-order valence-electron chi connectivity index (χ4n) is 3.44. The van der Waals surface area contributed by atoms with Crippen LogP contribution in [0.2, 0.25) is 0 Å². The maximum absolute atomic E-state index is 12.9. The van der Waals surface area contributed by atoms with E-state index >= 15 is 0 Å². The predicted molar refractivity (Wildman–Crippen MR) is 107 cm³/mol. The zero-order valence-electron chi connectivity index (χ0n) is 15.4. The summed E-state index contributed by atoms with van der Waals surface area (Å²) in [5.74, 6) is 0.685. The van der Waals surface area contributed by atoms with Crippen molar-refractivity contribution in [1.82, 2.24) is 9.97 Å². The van der Waals surface area contributed by atoms with Crippen LogP contribution < -0.4 is 9.80 Å². The van der Waals surface area contributed by atoms with Crippen LogP contribution in [0.4, 0.5) is 11.5 Å². The third-order valence-corrected chi connectivity index (χ3v) is 4.91. The number of amides is 1. The molecule has 0 radical (unpaired) electrons. The van der Waals surface area contributed by atoms with Crippen LogP contribution in [0.25, 0.3) is 0 Å². The lowest BCUT2D eigenvalue weighted by atomic mass is 10.2. The predicted octanol–water partition coefficient (Wildman–Crippen LogP) is 3.71. The van der Waals surface area contributed by atoms with Crippen LogP contribution in [-0.4, -0.2) is 29.0 Å². The molecule has 0 bridgehead atoms. The Kier molecular flexibility index (Phi) is 4.83. The number of carbonyl (C=O) groups excluding carboxylic acids is 1. The highest BCUT2D eigenvalue weighted by atomic mass is 16.2. The summed E-state index contributed by atoms with van der Waals surface area (Å²) in [7, 11) is 0. The van der Waals surface area contributed by atoms with Gasteiger partial charge in [-0.15, -0.1) is 0 Å². The molecule has 5 nitrogen and oxygen atoms in total. The van der Waals surface area contributed by atoms with Gasteiger partial charge in [-0.05, 0) is 30.5 Å². The first kappa shape index (κ1) is 17.2. The number of aromatic nitrogens is 2. The van der Waals surface area contributed by atoms with Gasteiger partial charge in [0.05, 0.1) is 12.4 Å². The molecule has 2 heterocycles. The van der Waals surface area contributed by atoms with Crippen LogP contribution in [0.3, 0.4) is 0 Å². The fourth-order valence-corrected chi connectivity index (χ4v) is 3.44. The summed E-state index contributed by atoms with van der Waals surface area (Å²) in [4.78, 5) is 25.7. The molecular weight excluding hydrogens is 336 g/mol. The van der Waals surface area contributed by atoms with Crippen molar-refractivity contribution in [2.24, 2.45) is 0 Å². The second-order valence-corrected chi connectivity index (χ2v) is 6.60. The molecule has 4 rings (SSSR count). The monoisotopic (exact) mass is 358 g/mol. The summed E-state index contributed by atoms with van der Waals surface area (Å²) in [6.45, 7) is 4.36. The topological polar surface area (TPSA) is 49.3 Å². The lowest BCUT2D eigenvalue weighted by Gasteiger charge is -2.22. The number of anilines is 2. The van der Waals surface area contributed by atoms with E-state index in [1.54, 1.807) is 17.3 Å². The fraction of sp³-hybridized carbons (Fsp3) is 0.227. The first-order valence-corrected chi connectivity index (χ1v) is 9.27. The van der Waals surface area contributed by atoms with E-state index in [9.17, 15) is 4.79 Å². The number of nitrogens with zero attached hydrogens (tertiary/aromatic N) is 4. The Hall–Kier alpha value is -3.21. The standard InChI is InChI=1S/C22H22N4O/c1-2-25(16-17-8-4-3-5-9-17)21-15-23-19(14-24-21)22(27)26-13-12-18-10-6-7-11-20(18)26/h3-11,14-15H,2,12-13,16H2,1H3. The van der Waals surface area contributed by atoms with E-state index in [2.05, 4.69) is 40.0 Å². The first-order valence-electron chi connectivity index (χ1n) is 9.27. The highest BCUT2D eigenvalue weighted by Gasteiger charge is 2.26. The SMILES string of the molecule is CCN(Cc1ccccc1)c1cnc(C(=O)N2CCc3ccccc32)cn1. The van der Waals surface area contributed by atoms with Gasteiger partial charge in [-0.1, -0.05) is 48.5 Å². The van der Waals surface area contributed by atoms with E-state index in [-0.39, 0.29) is 5.91 Å². The lowest BCUT2D eigenvalue weighted by molar-refractivity contribution is 0.0984. The molecule has 1 amide bonds. The van der Waals surface area contributed by atoms with Crippen LogP contribution in [0.15, 0.2) is 67.0 Å². The summed E-state index contributed by atoms with van der Waals surface area (Å²) in [5, 5.41) is 0. The van der Waals surface area contributed by atoms with Crippen LogP contribution in [0.1, 0.15) is 28.5 Å². The van der Waals surface area contributed by atoms with Gasteiger partial charge in [-0.25, -0.2) is 9.97 Å². The Morgan fingerprint density at radius 3 is 2.56 bits per heavy atom. The van der Waals surface area contributed by atoms with Crippen LogP contribution >= 0.6 is 0 Å². The summed E-state index contributed by atoms with van der Waals surface area (Å²) >= 11 is 0. The van der Waals surface area contributed by atoms with Crippen molar-refractivity contribution in [1.29, 1.82) is 0 Å². The maximum Gasteiger partial charge on any atom is 0.278 e. The third kappa shape index (κ3) is 3.53. The number of hydrogen-bond acceptors (Lipinski definition) is 4. The highest BCUT2D eigenvalue weighted by molar-refractivity contribution is 6.05. The van der Waals surface area contributed by atoms with Crippen LogP contribution in [0.5, 0.6) is 0 Å². The van der Waals surface area contributed by atoms with Gasteiger partial charge in [0.15, 0.2) is 0 Å². The minimum atomic E-state index is -0.0925. The molecule has 0 saturated carbocycles. The average molecular weight is 358 g/mol. The Morgan fingerprint density at radius 1 is 1.04 bits per heavy atom. The van der Waals surface area contributed by atoms with Crippen molar-refractivity contribution in [3.8, 4) is 0 Å². The minimum absolute atomic E-state index is 0.0925. The zero-order chi connectivity index (χ0) is 18.6. The van der Waals surface area contributed by atoms with Crippen LogP contribution in [0, 0.1) is 0 Å². The molecule has 0 saturated heterocycles.